The van der Waals surface area contributed by atoms with E-state index in [1.807, 2.05) is 20.8 Å². The summed E-state index contributed by atoms with van der Waals surface area (Å²) in [5.74, 6) is -3.00. The third-order valence-electron chi connectivity index (χ3n) is 5.13. The first kappa shape index (κ1) is 29.1. The third kappa shape index (κ3) is 9.51. The minimum Gasteiger partial charge on any atom is -0.477 e. The Labute approximate surface area is 201 Å². The average Bonchev–Trinajstić information content (AvgIpc) is 2.77. The number of carboxylic acid groups (broad SMARTS) is 1. The molecule has 2 N–H and O–H groups in total. The number of esters is 3. The molecule has 0 amide bonds. The highest BCUT2D eigenvalue weighted by Gasteiger charge is 2.43. The molecule has 0 aliphatic carbocycles. The molecule has 0 aromatic heterocycles. The van der Waals surface area contributed by atoms with E-state index in [0.717, 1.165) is 19.8 Å². The predicted octanol–water partition coefficient (Wildman–Crippen LogP) is 4.15. The van der Waals surface area contributed by atoms with Crippen LogP contribution in [0, 0.1) is 0 Å². The molecule has 0 spiro atoms. The maximum Gasteiger partial charge on any atom is 0.364 e. The number of hydrogen-bond acceptors (Lipinski definition) is 8. The van der Waals surface area contributed by atoms with Gasteiger partial charge >= 0.3 is 23.9 Å². The molecular formula is C25H37NO8. The molecule has 2 atom stereocenters. The summed E-state index contributed by atoms with van der Waals surface area (Å²) >= 11 is 0. The molecule has 1 aromatic carbocycles. The molecule has 0 saturated heterocycles. The normalized spacial score (nSPS) is 13.4. The molecule has 0 heterocycles. The molecule has 0 fully saturated rings. The summed E-state index contributed by atoms with van der Waals surface area (Å²) in [6.07, 6.45) is 3.69. The summed E-state index contributed by atoms with van der Waals surface area (Å²) in [5.41, 5.74) is -1.62. The van der Waals surface area contributed by atoms with Crippen molar-refractivity contribution < 1.29 is 38.5 Å². The van der Waals surface area contributed by atoms with Crippen LogP contribution in [-0.4, -0.2) is 40.8 Å². The van der Waals surface area contributed by atoms with Gasteiger partial charge in [0.25, 0.3) is 5.72 Å². The first-order valence-corrected chi connectivity index (χ1v) is 11.8. The maximum atomic E-state index is 12.3. The van der Waals surface area contributed by atoms with Gasteiger partial charge in [-0.15, -0.1) is 0 Å². The van der Waals surface area contributed by atoms with Crippen LogP contribution in [0.1, 0.15) is 85.1 Å². The number of aliphatic carboxylic acids is 1. The lowest BCUT2D eigenvalue weighted by molar-refractivity contribution is -0.183. The molecule has 1 rings (SSSR count). The van der Waals surface area contributed by atoms with Crippen LogP contribution in [0.15, 0.2) is 18.2 Å². The number of benzene rings is 1. The number of carbonyl (C=O) groups is 4. The van der Waals surface area contributed by atoms with Gasteiger partial charge < -0.3 is 19.3 Å². The lowest BCUT2D eigenvalue weighted by Crippen LogP contribution is -2.59. The third-order valence-corrected chi connectivity index (χ3v) is 5.13. The molecule has 9 heteroatoms. The summed E-state index contributed by atoms with van der Waals surface area (Å²) in [6, 6.07) is 4.17. The molecule has 1 unspecified atom stereocenters. The fraction of sp³-hybridized carbons (Fsp3) is 0.600. The predicted molar refractivity (Wildman–Crippen MR) is 125 cm³/mol. The van der Waals surface area contributed by atoms with E-state index >= 15 is 0 Å². The number of carbonyl (C=O) groups excluding carboxylic acids is 3. The fourth-order valence-electron chi connectivity index (χ4n) is 3.15. The van der Waals surface area contributed by atoms with E-state index < -0.39 is 29.6 Å². The van der Waals surface area contributed by atoms with E-state index in [-0.39, 0.29) is 36.8 Å². The van der Waals surface area contributed by atoms with Crippen LogP contribution >= 0.6 is 0 Å². The van der Waals surface area contributed by atoms with E-state index in [1.165, 1.54) is 12.1 Å². The Morgan fingerprint density at radius 2 is 1.53 bits per heavy atom. The zero-order valence-corrected chi connectivity index (χ0v) is 20.8. The van der Waals surface area contributed by atoms with E-state index in [0.29, 0.717) is 24.8 Å². The van der Waals surface area contributed by atoms with Crippen molar-refractivity contribution in [3.05, 3.63) is 23.8 Å². The van der Waals surface area contributed by atoms with Crippen molar-refractivity contribution in [1.82, 2.24) is 5.32 Å². The summed E-state index contributed by atoms with van der Waals surface area (Å²) in [5, 5.41) is 12.8. The van der Waals surface area contributed by atoms with Crippen molar-refractivity contribution in [1.29, 1.82) is 0 Å². The molecule has 34 heavy (non-hydrogen) atoms. The van der Waals surface area contributed by atoms with E-state index in [2.05, 4.69) is 5.32 Å². The standard InChI is InChI=1S/C25H37NO8/c1-6-9-11-22(28)32-20-14-13-19(15-21(20)33-23(29)12-10-7-2)16-25(24(30)31,34-18(5)27)26-17(4)8-3/h13-15,17,26H,6-12,16H2,1-5H3,(H,30,31)/t17?,25-/m0/s1. The van der Waals surface area contributed by atoms with E-state index in [4.69, 9.17) is 14.2 Å². The maximum absolute atomic E-state index is 12.3. The first-order chi connectivity index (χ1) is 16.1. The van der Waals surface area contributed by atoms with Gasteiger partial charge in [-0.05, 0) is 43.9 Å². The second-order valence-electron chi connectivity index (χ2n) is 8.29. The Morgan fingerprint density at radius 3 is 2.00 bits per heavy atom. The topological polar surface area (TPSA) is 128 Å². The second-order valence-corrected chi connectivity index (χ2v) is 8.29. The largest absolute Gasteiger partial charge is 0.477 e. The minimum absolute atomic E-state index is 0.00843. The van der Waals surface area contributed by atoms with E-state index in [9.17, 15) is 24.3 Å². The van der Waals surface area contributed by atoms with Gasteiger partial charge in [-0.25, -0.2) is 4.79 Å². The average molecular weight is 480 g/mol. The smallest absolute Gasteiger partial charge is 0.364 e. The van der Waals surface area contributed by atoms with Crippen molar-refractivity contribution in [2.75, 3.05) is 0 Å². The molecule has 0 bridgehead atoms. The lowest BCUT2D eigenvalue weighted by atomic mass is 10.00. The molecule has 190 valence electrons. The number of nitrogens with one attached hydrogen (secondary N) is 1. The molecule has 0 radical (unpaired) electrons. The Hall–Kier alpha value is -2.94. The van der Waals surface area contributed by atoms with Gasteiger partial charge in [-0.1, -0.05) is 39.7 Å². The summed E-state index contributed by atoms with van der Waals surface area (Å²) in [7, 11) is 0. The van der Waals surface area contributed by atoms with Gasteiger partial charge in [0.05, 0.1) is 0 Å². The van der Waals surface area contributed by atoms with Gasteiger partial charge in [0, 0.05) is 32.2 Å². The van der Waals surface area contributed by atoms with Crippen LogP contribution in [0.3, 0.4) is 0 Å². The zero-order valence-electron chi connectivity index (χ0n) is 20.8. The monoisotopic (exact) mass is 479 g/mol. The Kier molecular flexibility index (Phi) is 12.3. The number of carboxylic acids is 1. The zero-order chi connectivity index (χ0) is 25.7. The highest BCUT2D eigenvalue weighted by atomic mass is 16.6. The molecule has 9 nitrogen and oxygen atoms in total. The van der Waals surface area contributed by atoms with E-state index in [1.54, 1.807) is 13.0 Å². The Morgan fingerprint density at radius 1 is 0.971 bits per heavy atom. The summed E-state index contributed by atoms with van der Waals surface area (Å²) in [6.45, 7) is 8.68. The van der Waals surface area contributed by atoms with Crippen molar-refractivity contribution in [3.63, 3.8) is 0 Å². The van der Waals surface area contributed by atoms with Crippen molar-refractivity contribution in [2.45, 2.75) is 97.8 Å². The van der Waals surface area contributed by atoms with Gasteiger partial charge in [-0.2, -0.15) is 0 Å². The van der Waals surface area contributed by atoms with Gasteiger partial charge in [-0.3, -0.25) is 19.7 Å². The van der Waals surface area contributed by atoms with Crippen molar-refractivity contribution in [2.24, 2.45) is 0 Å². The number of unbranched alkanes of at least 4 members (excludes halogenated alkanes) is 2. The SMILES string of the molecule is CCCCC(=O)Oc1ccc(C[C@](NC(C)CC)(OC(C)=O)C(=O)O)cc1OC(=O)CCCC. The van der Waals surface area contributed by atoms with Crippen LogP contribution in [0.4, 0.5) is 0 Å². The fourth-order valence-corrected chi connectivity index (χ4v) is 3.15. The van der Waals surface area contributed by atoms with Gasteiger partial charge in [0.15, 0.2) is 11.5 Å². The van der Waals surface area contributed by atoms with Gasteiger partial charge in [0.1, 0.15) is 0 Å². The minimum atomic E-state index is -2.02. The highest BCUT2D eigenvalue weighted by molar-refractivity contribution is 5.81. The van der Waals surface area contributed by atoms with Crippen LogP contribution < -0.4 is 14.8 Å². The number of ether oxygens (including phenoxy) is 3. The summed E-state index contributed by atoms with van der Waals surface area (Å²) in [4.78, 5) is 48.4. The van der Waals surface area contributed by atoms with Crippen LogP contribution in [0.25, 0.3) is 0 Å². The highest BCUT2D eigenvalue weighted by Crippen LogP contribution is 2.31. The molecule has 1 aromatic rings. The number of hydrogen-bond donors (Lipinski definition) is 2. The first-order valence-electron chi connectivity index (χ1n) is 11.8. The van der Waals surface area contributed by atoms with Gasteiger partial charge in [0.2, 0.25) is 0 Å². The van der Waals surface area contributed by atoms with Crippen LogP contribution in [0.5, 0.6) is 11.5 Å². The Bertz CT molecular complexity index is 853. The quantitative estimate of drug-likeness (QED) is 0.216. The molecule has 0 aliphatic rings. The van der Waals surface area contributed by atoms with Crippen molar-refractivity contribution in [3.8, 4) is 11.5 Å². The molecule has 0 aliphatic heterocycles. The van der Waals surface area contributed by atoms with Crippen LogP contribution in [-0.2, 0) is 30.3 Å². The summed E-state index contributed by atoms with van der Waals surface area (Å²) < 4.78 is 16.1. The van der Waals surface area contributed by atoms with Crippen molar-refractivity contribution >= 4 is 23.9 Å². The van der Waals surface area contributed by atoms with Crippen LogP contribution in [0.2, 0.25) is 0 Å². The Balaban J connectivity index is 3.34. The molecular weight excluding hydrogens is 442 g/mol. The lowest BCUT2D eigenvalue weighted by Gasteiger charge is -2.32. The number of rotatable bonds is 15. The second kappa shape index (κ2) is 14.3. The molecule has 0 saturated carbocycles.